The Morgan fingerprint density at radius 3 is 2.10 bits per heavy atom. The third-order valence-corrected chi connectivity index (χ3v) is 4.21. The zero-order valence-corrected chi connectivity index (χ0v) is 16.0. The van der Waals surface area contributed by atoms with Crippen molar-refractivity contribution in [1.29, 1.82) is 0 Å². The van der Waals surface area contributed by atoms with Crippen LogP contribution in [0.4, 0.5) is 28.9 Å². The van der Waals surface area contributed by atoms with Crippen LogP contribution in [-0.2, 0) is 9.59 Å². The lowest BCUT2D eigenvalue weighted by Gasteiger charge is -2.11. The highest BCUT2D eigenvalue weighted by molar-refractivity contribution is 6.02. The summed E-state index contributed by atoms with van der Waals surface area (Å²) in [6.07, 6.45) is 4.05. The van der Waals surface area contributed by atoms with Gasteiger partial charge in [0.1, 0.15) is 11.5 Å². The van der Waals surface area contributed by atoms with E-state index in [9.17, 15) is 27.2 Å². The van der Waals surface area contributed by atoms with E-state index in [1.807, 2.05) is 0 Å². The van der Waals surface area contributed by atoms with Gasteiger partial charge in [-0.1, -0.05) is 0 Å². The number of halogens is 4. The van der Waals surface area contributed by atoms with Gasteiger partial charge in [-0.25, -0.2) is 0 Å². The number of alkyl halides is 4. The van der Waals surface area contributed by atoms with Crippen molar-refractivity contribution in [2.24, 2.45) is 5.92 Å². The fourth-order valence-electron chi connectivity index (χ4n) is 2.60. The molecule has 10 heteroatoms. The normalized spacial score (nSPS) is 13.5. The number of amides is 2. The molecule has 1 aliphatic rings. The van der Waals surface area contributed by atoms with Crippen molar-refractivity contribution < 1.29 is 36.6 Å². The van der Waals surface area contributed by atoms with Crippen LogP contribution in [0, 0.1) is 5.92 Å². The second-order valence-corrected chi connectivity index (χ2v) is 6.62. The monoisotopic (exact) mass is 438 g/mol. The predicted molar refractivity (Wildman–Crippen MR) is 105 cm³/mol. The fraction of sp³-hybridized carbons (Fsp3) is 0.238. The van der Waals surface area contributed by atoms with E-state index in [-0.39, 0.29) is 23.1 Å². The standard InChI is InChI=1S/C21H18F4N2O4/c22-20(23)30-16-9-3-12(17(11-16)31-21(24)25)4-10-18(28)26-14-5-7-15(8-6-14)27-19(29)13-1-2-13/h3-11,13,20-21H,1-2H2,(H,26,28)(H,27,29)/b10-4+. The van der Waals surface area contributed by atoms with Crippen LogP contribution in [0.5, 0.6) is 11.5 Å². The van der Waals surface area contributed by atoms with E-state index in [2.05, 4.69) is 20.1 Å². The van der Waals surface area contributed by atoms with Gasteiger partial charge in [0.15, 0.2) is 0 Å². The molecule has 0 heterocycles. The van der Waals surface area contributed by atoms with E-state index in [0.717, 1.165) is 31.1 Å². The first-order valence-electron chi connectivity index (χ1n) is 9.24. The van der Waals surface area contributed by atoms with E-state index in [1.54, 1.807) is 24.3 Å². The van der Waals surface area contributed by atoms with Gasteiger partial charge in [-0.3, -0.25) is 9.59 Å². The number of anilines is 2. The summed E-state index contributed by atoms with van der Waals surface area (Å²) in [5, 5.41) is 5.35. The van der Waals surface area contributed by atoms with Gasteiger partial charge in [0.05, 0.1) is 0 Å². The van der Waals surface area contributed by atoms with Crippen LogP contribution in [0.1, 0.15) is 18.4 Å². The molecule has 1 fully saturated rings. The minimum atomic E-state index is -3.19. The van der Waals surface area contributed by atoms with E-state index >= 15 is 0 Å². The van der Waals surface area contributed by atoms with Gasteiger partial charge < -0.3 is 20.1 Å². The van der Waals surface area contributed by atoms with Crippen molar-refractivity contribution in [2.75, 3.05) is 10.6 Å². The minimum Gasteiger partial charge on any atom is -0.435 e. The van der Waals surface area contributed by atoms with Gasteiger partial charge >= 0.3 is 13.2 Å². The van der Waals surface area contributed by atoms with Crippen LogP contribution in [0.15, 0.2) is 48.5 Å². The first-order chi connectivity index (χ1) is 14.8. The number of ether oxygens (including phenoxy) is 2. The number of carbonyl (C=O) groups excluding carboxylic acids is 2. The maximum absolute atomic E-state index is 12.6. The average molecular weight is 438 g/mol. The molecule has 3 rings (SSSR count). The largest absolute Gasteiger partial charge is 0.435 e. The summed E-state index contributed by atoms with van der Waals surface area (Å²) < 4.78 is 58.3. The summed E-state index contributed by atoms with van der Waals surface area (Å²) in [5.74, 6) is -1.31. The van der Waals surface area contributed by atoms with Crippen LogP contribution in [0.2, 0.25) is 0 Å². The SMILES string of the molecule is O=C(/C=C/c1ccc(OC(F)F)cc1OC(F)F)Nc1ccc(NC(=O)C2CC2)cc1. The van der Waals surface area contributed by atoms with E-state index in [4.69, 9.17) is 0 Å². The van der Waals surface area contributed by atoms with E-state index < -0.39 is 24.9 Å². The molecule has 0 aromatic heterocycles. The molecule has 0 atom stereocenters. The van der Waals surface area contributed by atoms with Gasteiger partial charge in [-0.05, 0) is 55.3 Å². The van der Waals surface area contributed by atoms with Crippen LogP contribution in [-0.4, -0.2) is 25.0 Å². The smallest absolute Gasteiger partial charge is 0.387 e. The molecule has 1 aliphatic carbocycles. The summed E-state index contributed by atoms with van der Waals surface area (Å²) in [5.41, 5.74) is 1.12. The Hall–Kier alpha value is -3.56. The van der Waals surface area contributed by atoms with Gasteiger partial charge in [-0.15, -0.1) is 0 Å². The van der Waals surface area contributed by atoms with Crippen molar-refractivity contribution in [1.82, 2.24) is 0 Å². The summed E-state index contributed by atoms with van der Waals surface area (Å²) in [7, 11) is 0. The zero-order chi connectivity index (χ0) is 22.4. The van der Waals surface area contributed by atoms with Crippen molar-refractivity contribution in [3.63, 3.8) is 0 Å². The lowest BCUT2D eigenvalue weighted by atomic mass is 10.1. The van der Waals surface area contributed by atoms with Gasteiger partial charge in [0, 0.05) is 35.0 Å². The Morgan fingerprint density at radius 2 is 1.52 bits per heavy atom. The van der Waals surface area contributed by atoms with Crippen molar-refractivity contribution in [3.05, 3.63) is 54.1 Å². The number of hydrogen-bond donors (Lipinski definition) is 2. The quantitative estimate of drug-likeness (QED) is 0.432. The van der Waals surface area contributed by atoms with Crippen LogP contribution in [0.3, 0.4) is 0 Å². The second kappa shape index (κ2) is 9.96. The summed E-state index contributed by atoms with van der Waals surface area (Å²) >= 11 is 0. The number of hydrogen-bond acceptors (Lipinski definition) is 4. The molecular formula is C21H18F4N2O4. The molecule has 31 heavy (non-hydrogen) atoms. The van der Waals surface area contributed by atoms with Crippen molar-refractivity contribution >= 4 is 29.3 Å². The molecule has 2 amide bonds. The Balaban J connectivity index is 1.62. The Morgan fingerprint density at radius 1 is 0.903 bits per heavy atom. The second-order valence-electron chi connectivity index (χ2n) is 6.62. The number of rotatable bonds is 9. The third kappa shape index (κ3) is 7.02. The first-order valence-corrected chi connectivity index (χ1v) is 9.24. The topological polar surface area (TPSA) is 76.7 Å². The molecule has 2 N–H and O–H groups in total. The molecule has 1 saturated carbocycles. The maximum Gasteiger partial charge on any atom is 0.387 e. The molecule has 0 bridgehead atoms. The minimum absolute atomic E-state index is 0.0356. The number of carbonyl (C=O) groups is 2. The lowest BCUT2D eigenvalue weighted by Crippen LogP contribution is -2.13. The van der Waals surface area contributed by atoms with Gasteiger partial charge in [0.2, 0.25) is 11.8 Å². The van der Waals surface area contributed by atoms with Gasteiger partial charge in [0.25, 0.3) is 0 Å². The molecular weight excluding hydrogens is 420 g/mol. The van der Waals surface area contributed by atoms with Crippen molar-refractivity contribution in [3.8, 4) is 11.5 Å². The highest BCUT2D eigenvalue weighted by atomic mass is 19.3. The van der Waals surface area contributed by atoms with E-state index in [1.165, 1.54) is 12.1 Å². The number of nitrogens with one attached hydrogen (secondary N) is 2. The fourth-order valence-corrected chi connectivity index (χ4v) is 2.60. The van der Waals surface area contributed by atoms with Crippen molar-refractivity contribution in [2.45, 2.75) is 26.1 Å². The third-order valence-electron chi connectivity index (χ3n) is 4.21. The molecule has 2 aromatic rings. The maximum atomic E-state index is 12.6. The zero-order valence-electron chi connectivity index (χ0n) is 16.0. The molecule has 0 aliphatic heterocycles. The average Bonchev–Trinajstić information content (AvgIpc) is 3.53. The summed E-state index contributed by atoms with van der Waals surface area (Å²) in [6.45, 7) is -6.32. The predicted octanol–water partition coefficient (Wildman–Crippen LogP) is 4.89. The highest BCUT2D eigenvalue weighted by Crippen LogP contribution is 2.30. The first kappa shape index (κ1) is 22.1. The van der Waals surface area contributed by atoms with Crippen LogP contribution in [0.25, 0.3) is 6.08 Å². The van der Waals surface area contributed by atoms with Crippen LogP contribution >= 0.6 is 0 Å². The Labute approximate surface area is 174 Å². The van der Waals surface area contributed by atoms with Crippen LogP contribution < -0.4 is 20.1 Å². The number of benzene rings is 2. The highest BCUT2D eigenvalue weighted by Gasteiger charge is 2.29. The molecule has 0 unspecified atom stereocenters. The molecule has 0 radical (unpaired) electrons. The molecule has 0 saturated heterocycles. The summed E-state index contributed by atoms with van der Waals surface area (Å²) in [4.78, 5) is 23.8. The lowest BCUT2D eigenvalue weighted by molar-refractivity contribution is -0.117. The van der Waals surface area contributed by atoms with E-state index in [0.29, 0.717) is 11.4 Å². The molecule has 6 nitrogen and oxygen atoms in total. The van der Waals surface area contributed by atoms with Gasteiger partial charge in [-0.2, -0.15) is 17.6 Å². The Kier molecular flexibility index (Phi) is 7.11. The Bertz CT molecular complexity index is 960. The molecule has 0 spiro atoms. The summed E-state index contributed by atoms with van der Waals surface area (Å²) in [6, 6.07) is 9.68. The molecule has 2 aromatic carbocycles. The molecule has 164 valence electrons.